The molecule has 0 bridgehead atoms. The van der Waals surface area contributed by atoms with Gasteiger partial charge in [0.1, 0.15) is 6.10 Å². The monoisotopic (exact) mass is 673 g/mol. The van der Waals surface area contributed by atoms with Crippen molar-refractivity contribution in [1.82, 2.24) is 14.5 Å². The number of carbonyl (C=O) groups excluding carboxylic acids is 1. The third-order valence-electron chi connectivity index (χ3n) is 9.37. The molecule has 3 fully saturated rings. The van der Waals surface area contributed by atoms with Crippen LogP contribution in [0.3, 0.4) is 0 Å². The van der Waals surface area contributed by atoms with Crippen molar-refractivity contribution in [2.24, 2.45) is 11.8 Å². The average Bonchev–Trinajstić information content (AvgIpc) is 3.79. The summed E-state index contributed by atoms with van der Waals surface area (Å²) < 4.78 is 46.5. The van der Waals surface area contributed by atoms with Crippen LogP contribution in [-0.2, 0) is 30.7 Å². The number of nitrogen functional groups attached to an aromatic ring is 1. The van der Waals surface area contributed by atoms with E-state index < -0.39 is 34.4 Å². The summed E-state index contributed by atoms with van der Waals surface area (Å²) in [6.07, 6.45) is 0.465. The van der Waals surface area contributed by atoms with Gasteiger partial charge in [-0.25, -0.2) is 13.2 Å². The molecule has 6 atom stereocenters. The first kappa shape index (κ1) is 35.4. The molecular formula is C34H51N5O7S. The van der Waals surface area contributed by atoms with Crippen molar-refractivity contribution < 1.29 is 32.5 Å². The molecule has 3 aliphatic heterocycles. The first-order valence-corrected chi connectivity index (χ1v) is 18.3. The van der Waals surface area contributed by atoms with E-state index in [9.17, 15) is 18.3 Å². The molecule has 2 aromatic carbocycles. The Bertz CT molecular complexity index is 1430. The highest BCUT2D eigenvalue weighted by Crippen LogP contribution is 2.33. The van der Waals surface area contributed by atoms with Crippen LogP contribution >= 0.6 is 0 Å². The van der Waals surface area contributed by atoms with Crippen LogP contribution < -0.4 is 16.4 Å². The highest BCUT2D eigenvalue weighted by Gasteiger charge is 2.44. The average molecular weight is 674 g/mol. The van der Waals surface area contributed by atoms with E-state index in [1.165, 1.54) is 10.4 Å². The molecule has 5 rings (SSSR count). The molecule has 5 N–H and O–H groups in total. The maximum absolute atomic E-state index is 14.2. The number of hydrogen-bond acceptors (Lipinski definition) is 10. The van der Waals surface area contributed by atoms with E-state index in [2.05, 4.69) is 22.5 Å². The van der Waals surface area contributed by atoms with Crippen LogP contribution in [0.1, 0.15) is 45.6 Å². The Labute approximate surface area is 279 Å². The van der Waals surface area contributed by atoms with E-state index in [1.54, 1.807) is 12.1 Å². The van der Waals surface area contributed by atoms with E-state index >= 15 is 0 Å². The van der Waals surface area contributed by atoms with Crippen molar-refractivity contribution in [3.63, 3.8) is 0 Å². The molecule has 0 spiro atoms. The maximum Gasteiger partial charge on any atom is 0.407 e. The summed E-state index contributed by atoms with van der Waals surface area (Å²) in [5, 5.41) is 17.8. The highest BCUT2D eigenvalue weighted by atomic mass is 32.2. The van der Waals surface area contributed by atoms with Crippen LogP contribution in [0.25, 0.3) is 0 Å². The predicted molar refractivity (Wildman–Crippen MR) is 180 cm³/mol. The number of alkyl carbamates (subject to hydrolysis) is 1. The lowest BCUT2D eigenvalue weighted by Crippen LogP contribution is -2.51. The van der Waals surface area contributed by atoms with Crippen LogP contribution in [-0.4, -0.2) is 105 Å². The summed E-state index contributed by atoms with van der Waals surface area (Å²) in [4.78, 5) is 15.6. The number of nitrogens with one attached hydrogen (secondary N) is 2. The molecular weight excluding hydrogens is 622 g/mol. The zero-order chi connectivity index (χ0) is 33.6. The number of sulfonamides is 1. The normalized spacial score (nSPS) is 24.4. The van der Waals surface area contributed by atoms with E-state index in [0.29, 0.717) is 30.6 Å². The minimum absolute atomic E-state index is 0.0276. The van der Waals surface area contributed by atoms with Crippen molar-refractivity contribution in [3.05, 3.63) is 54.1 Å². The number of anilines is 2. The molecule has 47 heavy (non-hydrogen) atoms. The van der Waals surface area contributed by atoms with Gasteiger partial charge in [-0.2, -0.15) is 4.31 Å². The lowest BCUT2D eigenvalue weighted by Gasteiger charge is -2.31. The number of aliphatic hydroxyl groups is 1. The second-order valence-corrected chi connectivity index (χ2v) is 15.2. The number of rotatable bonds is 15. The Hall–Kier alpha value is -2.94. The number of ether oxygens (including phenoxy) is 3. The number of likely N-dealkylation sites (tertiary alicyclic amines) is 1. The van der Waals surface area contributed by atoms with Gasteiger partial charge in [0.25, 0.3) is 0 Å². The van der Waals surface area contributed by atoms with Gasteiger partial charge in [-0.15, -0.1) is 0 Å². The molecule has 0 unspecified atom stereocenters. The fourth-order valence-corrected chi connectivity index (χ4v) is 8.45. The number of amides is 1. The van der Waals surface area contributed by atoms with Gasteiger partial charge in [-0.1, -0.05) is 51.1 Å². The topological polar surface area (TPSA) is 156 Å². The van der Waals surface area contributed by atoms with Crippen LogP contribution in [0.15, 0.2) is 53.4 Å². The Morgan fingerprint density at radius 3 is 2.68 bits per heavy atom. The number of benzene rings is 2. The quantitative estimate of drug-likeness (QED) is 0.207. The van der Waals surface area contributed by atoms with Gasteiger partial charge in [-0.05, 0) is 68.5 Å². The largest absolute Gasteiger partial charge is 0.443 e. The van der Waals surface area contributed by atoms with Gasteiger partial charge in [0, 0.05) is 25.7 Å². The fourth-order valence-electron chi connectivity index (χ4n) is 6.80. The summed E-state index contributed by atoms with van der Waals surface area (Å²) in [6, 6.07) is 13.7. The zero-order valence-electron chi connectivity index (χ0n) is 27.7. The van der Waals surface area contributed by atoms with Gasteiger partial charge in [0.05, 0.1) is 47.5 Å². The molecule has 260 valence electrons. The summed E-state index contributed by atoms with van der Waals surface area (Å²) in [5.41, 5.74) is 8.19. The standard InChI is InChI=1S/C34H51N5O7S/c1-4-38-15-8-11-25(38)19-36-29-18-26(12-13-28(29)35)47(42,43)39(20-23(2)3)21-31(40)30(17-24-9-6-5-7-10-24)37-34(41)46-32-22-45-33-27(32)14-16-44-33/h5-7,9-10,12-13,18,23,25,27,30-33,36,40H,4,8,11,14-17,19-22,35H2,1-3H3,(H,37,41)/t25-,27-,30-,31+,32-,33+/m0/s1. The van der Waals surface area contributed by atoms with Crippen molar-refractivity contribution in [3.8, 4) is 0 Å². The first-order valence-electron chi connectivity index (χ1n) is 16.8. The molecule has 2 aromatic rings. The molecule has 1 amide bonds. The van der Waals surface area contributed by atoms with Gasteiger partial charge in [0.2, 0.25) is 10.0 Å². The van der Waals surface area contributed by atoms with Crippen LogP contribution in [0, 0.1) is 11.8 Å². The molecule has 0 saturated carbocycles. The van der Waals surface area contributed by atoms with E-state index in [4.69, 9.17) is 19.9 Å². The number of nitrogens with zero attached hydrogens (tertiary/aromatic N) is 2. The summed E-state index contributed by atoms with van der Waals surface area (Å²) >= 11 is 0. The molecule has 12 nitrogen and oxygen atoms in total. The lowest BCUT2D eigenvalue weighted by atomic mass is 10.0. The lowest BCUT2D eigenvalue weighted by molar-refractivity contribution is -0.0907. The summed E-state index contributed by atoms with van der Waals surface area (Å²) in [6.45, 7) is 9.41. The highest BCUT2D eigenvalue weighted by molar-refractivity contribution is 7.89. The van der Waals surface area contributed by atoms with Crippen molar-refractivity contribution in [1.29, 1.82) is 0 Å². The molecule has 3 aliphatic rings. The second-order valence-electron chi connectivity index (χ2n) is 13.2. The number of aliphatic hydroxyl groups excluding tert-OH is 1. The van der Waals surface area contributed by atoms with E-state index in [0.717, 1.165) is 37.9 Å². The molecule has 0 aliphatic carbocycles. The Balaban J connectivity index is 1.32. The second kappa shape index (κ2) is 16.0. The fraction of sp³-hybridized carbons (Fsp3) is 0.618. The van der Waals surface area contributed by atoms with Crippen molar-refractivity contribution >= 4 is 27.5 Å². The molecule has 3 heterocycles. The number of likely N-dealkylation sites (N-methyl/N-ethyl adjacent to an activating group) is 1. The minimum Gasteiger partial charge on any atom is -0.443 e. The van der Waals surface area contributed by atoms with Gasteiger partial charge in [0.15, 0.2) is 6.29 Å². The first-order chi connectivity index (χ1) is 22.5. The molecule has 0 aromatic heterocycles. The van der Waals surface area contributed by atoms with Gasteiger partial charge < -0.3 is 35.7 Å². The van der Waals surface area contributed by atoms with Crippen LogP contribution in [0.2, 0.25) is 0 Å². The Kier molecular flexibility index (Phi) is 12.0. The molecule has 13 heteroatoms. The number of hydrogen-bond donors (Lipinski definition) is 4. The van der Waals surface area contributed by atoms with Gasteiger partial charge in [-0.3, -0.25) is 4.90 Å². The third-order valence-corrected chi connectivity index (χ3v) is 11.2. The Morgan fingerprint density at radius 1 is 1.15 bits per heavy atom. The predicted octanol–water partition coefficient (Wildman–Crippen LogP) is 3.27. The third kappa shape index (κ3) is 8.95. The Morgan fingerprint density at radius 2 is 1.94 bits per heavy atom. The van der Waals surface area contributed by atoms with Crippen LogP contribution in [0.4, 0.5) is 16.2 Å². The maximum atomic E-state index is 14.2. The summed E-state index contributed by atoms with van der Waals surface area (Å²) in [5.74, 6) is -0.0619. The van der Waals surface area contributed by atoms with E-state index in [-0.39, 0.29) is 49.1 Å². The zero-order valence-corrected chi connectivity index (χ0v) is 28.5. The smallest absolute Gasteiger partial charge is 0.407 e. The number of fused-ring (bicyclic) bond motifs is 1. The SMILES string of the molecule is CCN1CCC[C@H]1CNc1cc(S(=O)(=O)N(CC(C)C)C[C@@H](O)[C@H](Cc2ccccc2)NC(=O)O[C@H]2CO[C@H]3OCC[C@H]32)ccc1N. The summed E-state index contributed by atoms with van der Waals surface area (Å²) in [7, 11) is -4.05. The molecule has 3 saturated heterocycles. The van der Waals surface area contributed by atoms with Gasteiger partial charge >= 0.3 is 6.09 Å². The number of carbonyl (C=O) groups is 1. The molecule has 0 radical (unpaired) electrons. The van der Waals surface area contributed by atoms with Crippen LogP contribution in [0.5, 0.6) is 0 Å². The van der Waals surface area contributed by atoms with E-state index in [1.807, 2.05) is 44.2 Å². The van der Waals surface area contributed by atoms with Crippen molar-refractivity contribution in [2.75, 3.05) is 57.0 Å². The number of nitrogens with two attached hydrogens (primary N) is 1. The minimum atomic E-state index is -4.05. The van der Waals surface area contributed by atoms with Crippen molar-refractivity contribution in [2.45, 2.75) is 81.9 Å².